The maximum atomic E-state index is 12.1. The first-order valence-electron chi connectivity index (χ1n) is 5.03. The summed E-state index contributed by atoms with van der Waals surface area (Å²) in [5.74, 6) is -2.00. The Kier molecular flexibility index (Phi) is 3.02. The SMILES string of the molecule is Cc1cc2nc(NC(=O)C(F)(F)F)sc2cc1C. The molecular formula is C11H9F3N2OS. The van der Waals surface area contributed by atoms with Crippen molar-refractivity contribution in [1.82, 2.24) is 4.98 Å². The van der Waals surface area contributed by atoms with Crippen molar-refractivity contribution < 1.29 is 18.0 Å². The van der Waals surface area contributed by atoms with E-state index in [-0.39, 0.29) is 5.13 Å². The standard InChI is InChI=1S/C11H9F3N2OS/c1-5-3-7-8(4-6(5)2)18-10(15-7)16-9(17)11(12,13)14/h3-4H,1-2H3,(H,15,16,17). The summed E-state index contributed by atoms with van der Waals surface area (Å²) in [7, 11) is 0. The molecule has 18 heavy (non-hydrogen) atoms. The molecule has 0 unspecified atom stereocenters. The highest BCUT2D eigenvalue weighted by Crippen LogP contribution is 2.29. The lowest BCUT2D eigenvalue weighted by Crippen LogP contribution is -2.29. The molecule has 2 rings (SSSR count). The minimum atomic E-state index is -4.90. The quantitative estimate of drug-likeness (QED) is 0.865. The van der Waals surface area contributed by atoms with Crippen LogP contribution in [0, 0.1) is 13.8 Å². The summed E-state index contributed by atoms with van der Waals surface area (Å²) in [6.45, 7) is 3.80. The smallest absolute Gasteiger partial charge is 0.294 e. The first-order chi connectivity index (χ1) is 8.27. The first kappa shape index (κ1) is 12.8. The van der Waals surface area contributed by atoms with Crippen LogP contribution >= 0.6 is 11.3 Å². The highest BCUT2D eigenvalue weighted by Gasteiger charge is 2.39. The molecule has 1 heterocycles. The van der Waals surface area contributed by atoms with Crippen molar-refractivity contribution in [2.24, 2.45) is 0 Å². The zero-order valence-corrected chi connectivity index (χ0v) is 10.4. The zero-order valence-electron chi connectivity index (χ0n) is 9.55. The number of carbonyl (C=O) groups excluding carboxylic acids is 1. The Hall–Kier alpha value is -1.63. The second-order valence-electron chi connectivity index (χ2n) is 3.88. The summed E-state index contributed by atoms with van der Waals surface area (Å²) in [5, 5.41) is 1.71. The molecule has 7 heteroatoms. The number of hydrogen-bond acceptors (Lipinski definition) is 3. The molecule has 1 aromatic heterocycles. The van der Waals surface area contributed by atoms with Crippen LogP contribution in [-0.2, 0) is 4.79 Å². The number of hydrogen-bond donors (Lipinski definition) is 1. The van der Waals surface area contributed by atoms with Crippen LogP contribution in [-0.4, -0.2) is 17.1 Å². The average molecular weight is 274 g/mol. The zero-order chi connectivity index (χ0) is 13.5. The van der Waals surface area contributed by atoms with E-state index in [1.807, 2.05) is 19.9 Å². The Morgan fingerprint density at radius 3 is 2.50 bits per heavy atom. The van der Waals surface area contributed by atoms with Gasteiger partial charge >= 0.3 is 12.1 Å². The molecule has 96 valence electrons. The van der Waals surface area contributed by atoms with Crippen LogP contribution in [0.5, 0.6) is 0 Å². The van der Waals surface area contributed by atoms with Crippen LogP contribution < -0.4 is 5.32 Å². The number of benzene rings is 1. The Labute approximate surface area is 105 Å². The fourth-order valence-electron chi connectivity index (χ4n) is 1.40. The van der Waals surface area contributed by atoms with E-state index in [0.29, 0.717) is 5.52 Å². The van der Waals surface area contributed by atoms with E-state index < -0.39 is 12.1 Å². The van der Waals surface area contributed by atoms with E-state index in [4.69, 9.17) is 0 Å². The van der Waals surface area contributed by atoms with Crippen molar-refractivity contribution in [2.45, 2.75) is 20.0 Å². The molecule has 3 nitrogen and oxygen atoms in total. The largest absolute Gasteiger partial charge is 0.471 e. The minimum Gasteiger partial charge on any atom is -0.294 e. The van der Waals surface area contributed by atoms with Gasteiger partial charge in [0.15, 0.2) is 5.13 Å². The number of thiazole rings is 1. The van der Waals surface area contributed by atoms with Crippen LogP contribution in [0.15, 0.2) is 12.1 Å². The topological polar surface area (TPSA) is 42.0 Å². The maximum Gasteiger partial charge on any atom is 0.471 e. The number of nitrogens with zero attached hydrogens (tertiary/aromatic N) is 1. The van der Waals surface area contributed by atoms with Crippen LogP contribution in [0.3, 0.4) is 0 Å². The van der Waals surface area contributed by atoms with Gasteiger partial charge in [-0.1, -0.05) is 11.3 Å². The van der Waals surface area contributed by atoms with Crippen LogP contribution in [0.2, 0.25) is 0 Å². The van der Waals surface area contributed by atoms with E-state index in [2.05, 4.69) is 4.98 Å². The van der Waals surface area contributed by atoms with Gasteiger partial charge in [-0.2, -0.15) is 13.2 Å². The lowest BCUT2D eigenvalue weighted by molar-refractivity contribution is -0.167. The lowest BCUT2D eigenvalue weighted by Gasteiger charge is -2.03. The number of anilines is 1. The van der Waals surface area contributed by atoms with E-state index in [1.165, 1.54) is 0 Å². The van der Waals surface area contributed by atoms with Crippen molar-refractivity contribution >= 4 is 32.6 Å². The number of aryl methyl sites for hydroxylation is 2. The van der Waals surface area contributed by atoms with Gasteiger partial charge in [0.2, 0.25) is 0 Å². The second kappa shape index (κ2) is 4.24. The minimum absolute atomic E-state index is 0.0441. The maximum absolute atomic E-state index is 12.1. The van der Waals surface area contributed by atoms with Gasteiger partial charge in [0.1, 0.15) is 0 Å². The van der Waals surface area contributed by atoms with Crippen LogP contribution in [0.25, 0.3) is 10.2 Å². The molecule has 0 aliphatic heterocycles. The molecule has 0 aliphatic rings. The van der Waals surface area contributed by atoms with Crippen molar-refractivity contribution in [2.75, 3.05) is 5.32 Å². The molecule has 1 N–H and O–H groups in total. The third-order valence-electron chi connectivity index (χ3n) is 2.48. The van der Waals surface area contributed by atoms with Crippen molar-refractivity contribution in [3.05, 3.63) is 23.3 Å². The lowest BCUT2D eigenvalue weighted by atomic mass is 10.1. The van der Waals surface area contributed by atoms with E-state index in [9.17, 15) is 18.0 Å². The number of rotatable bonds is 1. The number of aromatic nitrogens is 1. The Balaban J connectivity index is 2.34. The second-order valence-corrected chi connectivity index (χ2v) is 4.91. The number of alkyl halides is 3. The van der Waals surface area contributed by atoms with E-state index >= 15 is 0 Å². The van der Waals surface area contributed by atoms with Crippen molar-refractivity contribution in [1.29, 1.82) is 0 Å². The van der Waals surface area contributed by atoms with Gasteiger partial charge in [-0.15, -0.1) is 0 Å². The number of halogens is 3. The highest BCUT2D eigenvalue weighted by molar-refractivity contribution is 7.22. The van der Waals surface area contributed by atoms with Gasteiger partial charge in [-0.3, -0.25) is 10.1 Å². The molecule has 1 amide bonds. The summed E-state index contributed by atoms with van der Waals surface area (Å²) in [6, 6.07) is 3.62. The van der Waals surface area contributed by atoms with Crippen LogP contribution in [0.1, 0.15) is 11.1 Å². The van der Waals surface area contributed by atoms with Gasteiger partial charge < -0.3 is 0 Å². The predicted molar refractivity (Wildman–Crippen MR) is 63.8 cm³/mol. The molecule has 0 saturated heterocycles. The highest BCUT2D eigenvalue weighted by atomic mass is 32.1. The summed E-state index contributed by atoms with van der Waals surface area (Å²) in [6.07, 6.45) is -4.90. The summed E-state index contributed by atoms with van der Waals surface area (Å²) in [4.78, 5) is 14.7. The molecule has 0 aliphatic carbocycles. The first-order valence-corrected chi connectivity index (χ1v) is 5.85. The number of nitrogens with one attached hydrogen (secondary N) is 1. The van der Waals surface area contributed by atoms with Gasteiger partial charge in [-0.05, 0) is 37.1 Å². The molecule has 0 radical (unpaired) electrons. The molecule has 0 atom stereocenters. The average Bonchev–Trinajstić information content (AvgIpc) is 2.59. The summed E-state index contributed by atoms with van der Waals surface area (Å²) < 4.78 is 37.0. The fourth-order valence-corrected chi connectivity index (χ4v) is 2.34. The van der Waals surface area contributed by atoms with Crippen molar-refractivity contribution in [3.8, 4) is 0 Å². The number of fused-ring (bicyclic) bond motifs is 1. The van der Waals surface area contributed by atoms with Crippen molar-refractivity contribution in [3.63, 3.8) is 0 Å². The third-order valence-corrected chi connectivity index (χ3v) is 3.42. The molecule has 1 aromatic carbocycles. The Morgan fingerprint density at radius 2 is 1.89 bits per heavy atom. The summed E-state index contributed by atoms with van der Waals surface area (Å²) in [5.41, 5.74) is 2.61. The Bertz CT molecular complexity index is 580. The van der Waals surface area contributed by atoms with Crippen LogP contribution in [0.4, 0.5) is 18.3 Å². The third kappa shape index (κ3) is 2.45. The molecule has 0 spiro atoms. The predicted octanol–water partition coefficient (Wildman–Crippen LogP) is 3.41. The molecular weight excluding hydrogens is 265 g/mol. The Morgan fingerprint density at radius 1 is 1.28 bits per heavy atom. The number of carbonyl (C=O) groups is 1. The summed E-state index contributed by atoms with van der Waals surface area (Å²) >= 11 is 1.02. The van der Waals surface area contributed by atoms with Gasteiger partial charge in [-0.25, -0.2) is 4.98 Å². The van der Waals surface area contributed by atoms with Gasteiger partial charge in [0, 0.05) is 0 Å². The van der Waals surface area contributed by atoms with E-state index in [1.54, 1.807) is 11.4 Å². The van der Waals surface area contributed by atoms with E-state index in [0.717, 1.165) is 27.2 Å². The van der Waals surface area contributed by atoms with Gasteiger partial charge in [0.05, 0.1) is 10.2 Å². The van der Waals surface area contributed by atoms with Gasteiger partial charge in [0.25, 0.3) is 0 Å². The molecule has 0 saturated carbocycles. The fraction of sp³-hybridized carbons (Fsp3) is 0.273. The molecule has 0 bridgehead atoms. The molecule has 2 aromatic rings. The number of amides is 1. The monoisotopic (exact) mass is 274 g/mol. The molecule has 0 fully saturated rings. The normalized spacial score (nSPS) is 11.8.